The monoisotopic (exact) mass is 476 g/mol. The van der Waals surface area contributed by atoms with E-state index in [0.717, 1.165) is 10.8 Å². The van der Waals surface area contributed by atoms with Crippen molar-refractivity contribution in [2.45, 2.75) is 28.4 Å². The molecule has 0 bridgehead atoms. The molecule has 4 rings (SSSR count). The van der Waals surface area contributed by atoms with Crippen molar-refractivity contribution >= 4 is 44.2 Å². The summed E-state index contributed by atoms with van der Waals surface area (Å²) < 4.78 is 53.1. The van der Waals surface area contributed by atoms with E-state index in [2.05, 4.69) is 5.32 Å². The van der Waals surface area contributed by atoms with E-state index in [0.29, 0.717) is 35.2 Å². The van der Waals surface area contributed by atoms with E-state index in [1.807, 2.05) is 24.3 Å². The molecule has 168 valence electrons. The molecule has 9 heteroatoms. The number of thioether (sulfide) groups is 1. The average Bonchev–Trinajstić information content (AvgIpc) is 2.79. The second-order valence-corrected chi connectivity index (χ2v) is 10.5. The Hall–Kier alpha value is -2.49. The summed E-state index contributed by atoms with van der Waals surface area (Å²) in [6, 6.07) is 19.0. The van der Waals surface area contributed by atoms with Crippen molar-refractivity contribution in [3.05, 3.63) is 66.7 Å². The zero-order valence-corrected chi connectivity index (χ0v) is 18.7. The van der Waals surface area contributed by atoms with Crippen LogP contribution in [0.5, 0.6) is 0 Å². The lowest BCUT2D eigenvalue weighted by molar-refractivity contribution is -0.120. The third-order valence-corrected chi connectivity index (χ3v) is 8.23. The molecule has 0 spiro atoms. The van der Waals surface area contributed by atoms with Crippen LogP contribution in [0, 0.1) is 5.92 Å². The molecule has 0 aliphatic carbocycles. The van der Waals surface area contributed by atoms with Crippen molar-refractivity contribution in [2.75, 3.05) is 18.4 Å². The van der Waals surface area contributed by atoms with E-state index < -0.39 is 15.8 Å². The van der Waals surface area contributed by atoms with Crippen molar-refractivity contribution in [2.24, 2.45) is 5.92 Å². The SMILES string of the molecule is O=C(Nc1ccccc1SC(F)F)C1CCN(S(=O)(=O)c2ccc3ccccc3c2)CC1. The summed E-state index contributed by atoms with van der Waals surface area (Å²) in [5, 5.41) is 4.55. The second-order valence-electron chi connectivity index (χ2n) is 7.55. The first-order chi connectivity index (χ1) is 15.3. The Morgan fingerprint density at radius 2 is 1.62 bits per heavy atom. The Balaban J connectivity index is 1.42. The van der Waals surface area contributed by atoms with Crippen LogP contribution >= 0.6 is 11.8 Å². The van der Waals surface area contributed by atoms with Crippen LogP contribution in [0.2, 0.25) is 0 Å². The van der Waals surface area contributed by atoms with E-state index in [1.165, 1.54) is 10.4 Å². The third-order valence-electron chi connectivity index (χ3n) is 5.54. The van der Waals surface area contributed by atoms with Crippen molar-refractivity contribution in [1.82, 2.24) is 4.31 Å². The summed E-state index contributed by atoms with van der Waals surface area (Å²) in [5.41, 5.74) is 0.342. The fourth-order valence-electron chi connectivity index (χ4n) is 3.84. The number of carbonyl (C=O) groups excluding carboxylic acids is 1. The normalized spacial score (nSPS) is 15.8. The smallest absolute Gasteiger partial charge is 0.288 e. The number of rotatable bonds is 6. The van der Waals surface area contributed by atoms with Gasteiger partial charge >= 0.3 is 0 Å². The van der Waals surface area contributed by atoms with E-state index in [1.54, 1.807) is 36.4 Å². The van der Waals surface area contributed by atoms with Gasteiger partial charge in [-0.05, 0) is 47.9 Å². The number of fused-ring (bicyclic) bond motifs is 1. The van der Waals surface area contributed by atoms with E-state index in [4.69, 9.17) is 0 Å². The van der Waals surface area contributed by atoms with E-state index in [9.17, 15) is 22.0 Å². The molecular formula is C23H22F2N2O3S2. The number of anilines is 1. The molecule has 32 heavy (non-hydrogen) atoms. The topological polar surface area (TPSA) is 66.5 Å². The van der Waals surface area contributed by atoms with Crippen LogP contribution in [-0.4, -0.2) is 37.5 Å². The number of hydrogen-bond acceptors (Lipinski definition) is 4. The first kappa shape index (κ1) is 22.7. The maximum absolute atomic E-state index is 13.1. The number of benzene rings is 3. The van der Waals surface area contributed by atoms with Crippen molar-refractivity contribution in [3.63, 3.8) is 0 Å². The maximum atomic E-state index is 13.1. The zero-order chi connectivity index (χ0) is 22.7. The molecule has 3 aromatic rings. The molecule has 0 aromatic heterocycles. The molecule has 5 nitrogen and oxygen atoms in total. The largest absolute Gasteiger partial charge is 0.325 e. The molecular weight excluding hydrogens is 454 g/mol. The van der Waals surface area contributed by atoms with Crippen LogP contribution < -0.4 is 5.32 Å². The Bertz CT molecular complexity index is 1230. The predicted molar refractivity (Wildman–Crippen MR) is 122 cm³/mol. The van der Waals surface area contributed by atoms with E-state index >= 15 is 0 Å². The van der Waals surface area contributed by atoms with Gasteiger partial charge in [-0.2, -0.15) is 13.1 Å². The summed E-state index contributed by atoms with van der Waals surface area (Å²) >= 11 is 0.380. The first-order valence-electron chi connectivity index (χ1n) is 10.2. The maximum Gasteiger partial charge on any atom is 0.288 e. The number of hydrogen-bond donors (Lipinski definition) is 1. The summed E-state index contributed by atoms with van der Waals surface area (Å²) in [6.07, 6.45) is 0.728. The standard InChI is InChI=1S/C23H22F2N2O3S2/c24-23(25)31-21-8-4-3-7-20(21)26-22(28)17-11-13-27(14-12-17)32(29,30)19-10-9-16-5-1-2-6-18(16)15-19/h1-10,15,17,23H,11-14H2,(H,26,28). The lowest BCUT2D eigenvalue weighted by Crippen LogP contribution is -2.41. The van der Waals surface area contributed by atoms with E-state index in [-0.39, 0.29) is 29.8 Å². The quantitative estimate of drug-likeness (QED) is 0.497. The number of nitrogens with zero attached hydrogens (tertiary/aromatic N) is 1. The summed E-state index contributed by atoms with van der Waals surface area (Å²) in [6.45, 7) is 0.446. The number of para-hydroxylation sites is 1. The summed E-state index contributed by atoms with van der Waals surface area (Å²) in [5.74, 6) is -3.26. The van der Waals surface area contributed by atoms with Crippen LogP contribution in [0.1, 0.15) is 12.8 Å². The lowest BCUT2D eigenvalue weighted by atomic mass is 9.97. The number of nitrogens with one attached hydrogen (secondary N) is 1. The van der Waals surface area contributed by atoms with Crippen LogP contribution in [0.4, 0.5) is 14.5 Å². The molecule has 0 saturated carbocycles. The van der Waals surface area contributed by atoms with Gasteiger partial charge in [-0.1, -0.05) is 54.2 Å². The minimum Gasteiger partial charge on any atom is -0.325 e. The van der Waals surface area contributed by atoms with Gasteiger partial charge in [0.2, 0.25) is 15.9 Å². The molecule has 1 heterocycles. The third kappa shape index (κ3) is 4.95. The van der Waals surface area contributed by atoms with Gasteiger partial charge in [0, 0.05) is 23.9 Å². The second kappa shape index (κ2) is 9.56. The molecule has 1 saturated heterocycles. The molecule has 3 aromatic carbocycles. The fourth-order valence-corrected chi connectivity index (χ4v) is 5.94. The number of carbonyl (C=O) groups is 1. The first-order valence-corrected chi connectivity index (χ1v) is 12.5. The Kier molecular flexibility index (Phi) is 6.78. The molecule has 0 radical (unpaired) electrons. The molecule has 1 amide bonds. The Morgan fingerprint density at radius 1 is 0.969 bits per heavy atom. The fraction of sp³-hybridized carbons (Fsp3) is 0.261. The molecule has 1 N–H and O–H groups in total. The van der Waals surface area contributed by atoms with Crippen molar-refractivity contribution < 1.29 is 22.0 Å². The minimum absolute atomic E-state index is 0.223. The highest BCUT2D eigenvalue weighted by Crippen LogP contribution is 2.33. The summed E-state index contributed by atoms with van der Waals surface area (Å²) in [4.78, 5) is 13.2. The van der Waals surface area contributed by atoms with Gasteiger partial charge in [0.15, 0.2) is 0 Å². The molecule has 1 fully saturated rings. The van der Waals surface area contributed by atoms with Crippen LogP contribution in [-0.2, 0) is 14.8 Å². The Labute approximate surface area is 189 Å². The molecule has 1 aliphatic heterocycles. The highest BCUT2D eigenvalue weighted by atomic mass is 32.2. The predicted octanol–water partition coefficient (Wildman–Crippen LogP) is 5.19. The Morgan fingerprint density at radius 3 is 2.34 bits per heavy atom. The number of amides is 1. The van der Waals surface area contributed by atoms with Gasteiger partial charge in [0.05, 0.1) is 10.6 Å². The number of sulfonamides is 1. The van der Waals surface area contributed by atoms with Gasteiger partial charge in [-0.25, -0.2) is 8.42 Å². The van der Waals surface area contributed by atoms with Crippen molar-refractivity contribution in [1.29, 1.82) is 0 Å². The molecule has 1 aliphatic rings. The molecule has 0 atom stereocenters. The van der Waals surface area contributed by atoms with Crippen LogP contribution in [0.25, 0.3) is 10.8 Å². The van der Waals surface area contributed by atoms with Gasteiger partial charge in [-0.15, -0.1) is 0 Å². The summed E-state index contributed by atoms with van der Waals surface area (Å²) in [7, 11) is -3.67. The van der Waals surface area contributed by atoms with Gasteiger partial charge in [0.1, 0.15) is 0 Å². The van der Waals surface area contributed by atoms with Crippen LogP contribution in [0.15, 0.2) is 76.5 Å². The molecule has 0 unspecified atom stereocenters. The minimum atomic E-state index is -3.67. The average molecular weight is 477 g/mol. The van der Waals surface area contributed by atoms with Crippen molar-refractivity contribution in [3.8, 4) is 0 Å². The van der Waals surface area contributed by atoms with Gasteiger partial charge in [-0.3, -0.25) is 4.79 Å². The van der Waals surface area contributed by atoms with Crippen LogP contribution in [0.3, 0.4) is 0 Å². The lowest BCUT2D eigenvalue weighted by Gasteiger charge is -2.30. The number of halogens is 2. The van der Waals surface area contributed by atoms with Gasteiger partial charge < -0.3 is 5.32 Å². The highest BCUT2D eigenvalue weighted by molar-refractivity contribution is 7.99. The van der Waals surface area contributed by atoms with Gasteiger partial charge in [0.25, 0.3) is 5.76 Å². The zero-order valence-electron chi connectivity index (χ0n) is 17.1. The number of alkyl halides is 2. The highest BCUT2D eigenvalue weighted by Gasteiger charge is 2.32. The number of piperidine rings is 1.